The molecule has 0 aromatic carbocycles. The largest absolute Gasteiger partial charge is 0.455 e. The molecular weight excluding hydrogens is 320 g/mol. The van der Waals surface area contributed by atoms with Gasteiger partial charge in [0.1, 0.15) is 11.4 Å². The Bertz CT molecular complexity index is 491. The Morgan fingerprint density at radius 3 is 2.50 bits per heavy atom. The molecule has 0 spiro atoms. The van der Waals surface area contributed by atoms with Crippen LogP contribution >= 0.6 is 15.9 Å². The van der Waals surface area contributed by atoms with E-state index in [1.807, 2.05) is 32.9 Å². The first-order valence-corrected chi connectivity index (χ1v) is 7.81. The summed E-state index contributed by atoms with van der Waals surface area (Å²) >= 11 is 3.38. The predicted octanol–water partition coefficient (Wildman–Crippen LogP) is 3.79. The smallest absolute Gasteiger partial charge is 0.358 e. The molecule has 1 aromatic rings. The highest BCUT2D eigenvalue weighted by Gasteiger charge is 2.22. The van der Waals surface area contributed by atoms with Gasteiger partial charge in [0.05, 0.1) is 4.47 Å². The van der Waals surface area contributed by atoms with E-state index in [1.54, 1.807) is 0 Å². The Labute approximate surface area is 128 Å². The number of ether oxygens (including phenoxy) is 1. The zero-order valence-electron chi connectivity index (χ0n) is 12.3. The maximum atomic E-state index is 12.2. The molecule has 2 heterocycles. The minimum Gasteiger partial charge on any atom is -0.455 e. The summed E-state index contributed by atoms with van der Waals surface area (Å²) in [7, 11) is 0. The number of hydrogen-bond acceptors (Lipinski definition) is 4. The number of esters is 1. The third-order valence-corrected chi connectivity index (χ3v) is 3.74. The van der Waals surface area contributed by atoms with Crippen molar-refractivity contribution in [2.24, 2.45) is 0 Å². The Hall–Kier alpha value is -1.10. The van der Waals surface area contributed by atoms with Gasteiger partial charge in [0.15, 0.2) is 5.69 Å². The number of halogens is 1. The van der Waals surface area contributed by atoms with Gasteiger partial charge in [-0.2, -0.15) is 0 Å². The average molecular weight is 341 g/mol. The second kappa shape index (κ2) is 6.12. The van der Waals surface area contributed by atoms with Crippen molar-refractivity contribution in [1.82, 2.24) is 4.98 Å². The molecule has 0 atom stereocenters. The van der Waals surface area contributed by atoms with E-state index in [2.05, 4.69) is 25.8 Å². The van der Waals surface area contributed by atoms with Crippen LogP contribution in [0.4, 0.5) is 5.82 Å². The van der Waals surface area contributed by atoms with E-state index in [-0.39, 0.29) is 5.97 Å². The monoisotopic (exact) mass is 340 g/mol. The molecule has 1 fully saturated rings. The van der Waals surface area contributed by atoms with Crippen molar-refractivity contribution in [2.45, 2.75) is 45.6 Å². The third-order valence-electron chi connectivity index (χ3n) is 3.10. The van der Waals surface area contributed by atoms with Crippen LogP contribution in [0.1, 0.15) is 50.5 Å². The highest BCUT2D eigenvalue weighted by atomic mass is 79.9. The van der Waals surface area contributed by atoms with Crippen LogP contribution < -0.4 is 4.90 Å². The Morgan fingerprint density at radius 2 is 1.90 bits per heavy atom. The fourth-order valence-corrected chi connectivity index (χ4v) is 2.58. The van der Waals surface area contributed by atoms with E-state index >= 15 is 0 Å². The molecule has 0 radical (unpaired) electrons. The van der Waals surface area contributed by atoms with E-state index in [0.717, 1.165) is 18.9 Å². The summed E-state index contributed by atoms with van der Waals surface area (Å²) in [5.41, 5.74) is -0.165. The van der Waals surface area contributed by atoms with Crippen LogP contribution in [0.5, 0.6) is 0 Å². The summed E-state index contributed by atoms with van der Waals surface area (Å²) in [5, 5.41) is 0. The predicted molar refractivity (Wildman–Crippen MR) is 83.2 cm³/mol. The molecule has 1 saturated heterocycles. The van der Waals surface area contributed by atoms with Crippen molar-refractivity contribution in [1.29, 1.82) is 0 Å². The Balaban J connectivity index is 2.22. The van der Waals surface area contributed by atoms with Gasteiger partial charge in [-0.15, -0.1) is 0 Å². The van der Waals surface area contributed by atoms with E-state index in [0.29, 0.717) is 10.2 Å². The number of pyridine rings is 1. The lowest BCUT2D eigenvalue weighted by atomic mass is 10.1. The number of carbonyl (C=O) groups is 1. The van der Waals surface area contributed by atoms with E-state index in [1.165, 1.54) is 19.3 Å². The van der Waals surface area contributed by atoms with Crippen LogP contribution in [0.3, 0.4) is 0 Å². The summed E-state index contributed by atoms with van der Waals surface area (Å²) in [4.78, 5) is 18.9. The second-order valence-electron chi connectivity index (χ2n) is 6.05. The van der Waals surface area contributed by atoms with Gasteiger partial charge in [0.25, 0.3) is 0 Å². The van der Waals surface area contributed by atoms with Gasteiger partial charge in [-0.1, -0.05) is 0 Å². The lowest BCUT2D eigenvalue weighted by molar-refractivity contribution is 0.00618. The second-order valence-corrected chi connectivity index (χ2v) is 6.90. The number of nitrogens with zero attached hydrogens (tertiary/aromatic N) is 2. The fraction of sp³-hybridized carbons (Fsp3) is 0.600. The Morgan fingerprint density at radius 1 is 1.25 bits per heavy atom. The van der Waals surface area contributed by atoms with Crippen LogP contribution in [0.25, 0.3) is 0 Å². The van der Waals surface area contributed by atoms with Crippen LogP contribution in [0, 0.1) is 0 Å². The molecular formula is C15H21BrN2O2. The van der Waals surface area contributed by atoms with Crippen LogP contribution in [0.2, 0.25) is 0 Å². The molecule has 0 aliphatic carbocycles. The zero-order chi connectivity index (χ0) is 14.8. The minimum absolute atomic E-state index is 0.350. The number of aromatic nitrogens is 1. The van der Waals surface area contributed by atoms with Crippen LogP contribution in [0.15, 0.2) is 16.6 Å². The maximum Gasteiger partial charge on any atom is 0.358 e. The van der Waals surface area contributed by atoms with Crippen molar-refractivity contribution >= 4 is 27.7 Å². The molecule has 0 N–H and O–H groups in total. The summed E-state index contributed by atoms with van der Waals surface area (Å²) in [6, 6.07) is 3.82. The SMILES string of the molecule is CC(C)(C)OC(=O)c1nc(N2CCCCC2)ccc1Br. The molecule has 20 heavy (non-hydrogen) atoms. The normalized spacial score (nSPS) is 16.1. The van der Waals surface area contributed by atoms with Crippen molar-refractivity contribution < 1.29 is 9.53 Å². The van der Waals surface area contributed by atoms with Gasteiger partial charge in [-0.05, 0) is 68.1 Å². The first kappa shape index (κ1) is 15.3. The molecule has 0 amide bonds. The topological polar surface area (TPSA) is 42.4 Å². The number of hydrogen-bond donors (Lipinski definition) is 0. The van der Waals surface area contributed by atoms with E-state index < -0.39 is 5.60 Å². The Kier molecular flexibility index (Phi) is 4.68. The van der Waals surface area contributed by atoms with Gasteiger partial charge in [0, 0.05) is 13.1 Å². The molecule has 0 saturated carbocycles. The number of piperidine rings is 1. The van der Waals surface area contributed by atoms with Crippen molar-refractivity contribution in [3.8, 4) is 0 Å². The molecule has 110 valence electrons. The lowest BCUT2D eigenvalue weighted by Gasteiger charge is -2.28. The van der Waals surface area contributed by atoms with E-state index in [9.17, 15) is 4.79 Å². The molecule has 1 aromatic heterocycles. The van der Waals surface area contributed by atoms with Crippen molar-refractivity contribution in [3.63, 3.8) is 0 Å². The number of carbonyl (C=O) groups excluding carboxylic acids is 1. The van der Waals surface area contributed by atoms with Crippen LogP contribution in [-0.4, -0.2) is 29.6 Å². The lowest BCUT2D eigenvalue weighted by Crippen LogP contribution is -2.31. The summed E-state index contributed by atoms with van der Waals surface area (Å²) in [5.74, 6) is 0.469. The highest BCUT2D eigenvalue weighted by molar-refractivity contribution is 9.10. The van der Waals surface area contributed by atoms with Gasteiger partial charge >= 0.3 is 5.97 Å². The first-order chi connectivity index (χ1) is 9.37. The first-order valence-electron chi connectivity index (χ1n) is 7.02. The number of anilines is 1. The summed E-state index contributed by atoms with van der Waals surface area (Å²) in [6.07, 6.45) is 3.63. The van der Waals surface area contributed by atoms with Gasteiger partial charge in [0.2, 0.25) is 0 Å². The third kappa shape index (κ3) is 3.95. The molecule has 2 rings (SSSR count). The number of rotatable bonds is 2. The van der Waals surface area contributed by atoms with Gasteiger partial charge < -0.3 is 9.64 Å². The fourth-order valence-electron chi connectivity index (χ4n) is 2.20. The maximum absolute atomic E-state index is 12.2. The standard InChI is InChI=1S/C15H21BrN2O2/c1-15(2,3)20-14(19)13-11(16)7-8-12(17-13)18-9-5-4-6-10-18/h7-8H,4-6,9-10H2,1-3H3. The molecule has 0 unspecified atom stereocenters. The quantitative estimate of drug-likeness (QED) is 0.768. The van der Waals surface area contributed by atoms with Crippen molar-refractivity contribution in [2.75, 3.05) is 18.0 Å². The average Bonchev–Trinajstić information content (AvgIpc) is 2.38. The van der Waals surface area contributed by atoms with E-state index in [4.69, 9.17) is 4.74 Å². The molecule has 0 bridgehead atoms. The van der Waals surface area contributed by atoms with Crippen molar-refractivity contribution in [3.05, 3.63) is 22.3 Å². The molecule has 1 aliphatic rings. The molecule has 4 nitrogen and oxygen atoms in total. The van der Waals surface area contributed by atoms with Gasteiger partial charge in [-0.3, -0.25) is 0 Å². The minimum atomic E-state index is -0.515. The highest BCUT2D eigenvalue weighted by Crippen LogP contribution is 2.24. The molecule has 5 heteroatoms. The summed E-state index contributed by atoms with van der Waals surface area (Å²) < 4.78 is 6.07. The van der Waals surface area contributed by atoms with Gasteiger partial charge in [-0.25, -0.2) is 9.78 Å². The summed E-state index contributed by atoms with van der Waals surface area (Å²) in [6.45, 7) is 7.57. The van der Waals surface area contributed by atoms with Crippen LogP contribution in [-0.2, 0) is 4.74 Å². The zero-order valence-corrected chi connectivity index (χ0v) is 13.9. The molecule has 1 aliphatic heterocycles.